The van der Waals surface area contributed by atoms with Gasteiger partial charge in [0.15, 0.2) is 0 Å². The van der Waals surface area contributed by atoms with Crippen LogP contribution in [-0.2, 0) is 4.79 Å². The fourth-order valence-electron chi connectivity index (χ4n) is 1.66. The minimum Gasteiger partial charge on any atom is -0.497 e. The highest BCUT2D eigenvalue weighted by molar-refractivity contribution is 5.89. The normalized spacial score (nSPS) is 17.2. The smallest absolute Gasteiger partial charge is 0.148 e. The molecule has 1 aliphatic heterocycles. The van der Waals surface area contributed by atoms with Gasteiger partial charge in [-0.3, -0.25) is 5.43 Å². The van der Waals surface area contributed by atoms with Crippen LogP contribution in [0.1, 0.15) is 17.2 Å². The zero-order chi connectivity index (χ0) is 11.5. The third-order valence-corrected chi connectivity index (χ3v) is 2.48. The van der Waals surface area contributed by atoms with Gasteiger partial charge in [0.1, 0.15) is 23.8 Å². The largest absolute Gasteiger partial charge is 0.497 e. The summed E-state index contributed by atoms with van der Waals surface area (Å²) in [5.41, 5.74) is 4.33. The van der Waals surface area contributed by atoms with Gasteiger partial charge in [-0.15, -0.1) is 0 Å². The van der Waals surface area contributed by atoms with Crippen molar-refractivity contribution in [2.75, 3.05) is 14.2 Å². The van der Waals surface area contributed by atoms with Crippen molar-refractivity contribution in [1.29, 1.82) is 0 Å². The summed E-state index contributed by atoms with van der Waals surface area (Å²) in [7, 11) is 3.14. The molecule has 0 spiro atoms. The third-order valence-electron chi connectivity index (χ3n) is 2.48. The van der Waals surface area contributed by atoms with Crippen LogP contribution in [0.4, 0.5) is 0 Å². The first-order chi connectivity index (χ1) is 7.80. The highest BCUT2D eigenvalue weighted by atomic mass is 16.5. The standard InChI is InChI=1S/C11H12N2O3/c1-15-7-3-8-9(11(4-7)16-2)5-12-13-10(8)6-14/h3-6,10,13H,1-2H3. The molecule has 1 aromatic carbocycles. The van der Waals surface area contributed by atoms with Gasteiger partial charge in [-0.05, 0) is 11.6 Å². The van der Waals surface area contributed by atoms with Crippen molar-refractivity contribution in [2.45, 2.75) is 6.04 Å². The fraction of sp³-hybridized carbons (Fsp3) is 0.273. The molecule has 0 aromatic heterocycles. The number of aldehydes is 1. The van der Waals surface area contributed by atoms with Crippen LogP contribution in [0.25, 0.3) is 0 Å². The topological polar surface area (TPSA) is 59.9 Å². The maximum absolute atomic E-state index is 10.9. The zero-order valence-electron chi connectivity index (χ0n) is 9.06. The molecule has 1 heterocycles. The van der Waals surface area contributed by atoms with Crippen LogP contribution in [0.2, 0.25) is 0 Å². The number of fused-ring (bicyclic) bond motifs is 1. The number of carbonyl (C=O) groups excluding carboxylic acids is 1. The number of carbonyl (C=O) groups is 1. The SMILES string of the molecule is COc1cc(OC)c2c(c1)C(C=O)NN=C2. The first-order valence-electron chi connectivity index (χ1n) is 4.80. The second-order valence-corrected chi connectivity index (χ2v) is 3.33. The Balaban J connectivity index is 2.60. The number of ether oxygens (including phenoxy) is 2. The second kappa shape index (κ2) is 4.22. The number of benzene rings is 1. The van der Waals surface area contributed by atoms with Crippen molar-refractivity contribution in [3.05, 3.63) is 23.3 Å². The molecule has 0 radical (unpaired) electrons. The number of hydrogen-bond donors (Lipinski definition) is 1. The summed E-state index contributed by atoms with van der Waals surface area (Å²) in [5.74, 6) is 1.30. The molecule has 1 aromatic rings. The van der Waals surface area contributed by atoms with Crippen molar-refractivity contribution in [1.82, 2.24) is 5.43 Å². The van der Waals surface area contributed by atoms with Gasteiger partial charge >= 0.3 is 0 Å². The lowest BCUT2D eigenvalue weighted by atomic mass is 9.99. The molecule has 1 N–H and O–H groups in total. The molecule has 1 aliphatic rings. The van der Waals surface area contributed by atoms with Crippen LogP contribution in [0.3, 0.4) is 0 Å². The number of methoxy groups -OCH3 is 2. The van der Waals surface area contributed by atoms with E-state index in [4.69, 9.17) is 9.47 Å². The summed E-state index contributed by atoms with van der Waals surface area (Å²) in [5, 5.41) is 3.91. The molecule has 5 nitrogen and oxygen atoms in total. The summed E-state index contributed by atoms with van der Waals surface area (Å²) in [6.07, 6.45) is 2.43. The first kappa shape index (κ1) is 10.5. The molecule has 1 atom stereocenters. The second-order valence-electron chi connectivity index (χ2n) is 3.33. The van der Waals surface area contributed by atoms with Crippen LogP contribution in [0.15, 0.2) is 17.2 Å². The van der Waals surface area contributed by atoms with Gasteiger partial charge in [0.25, 0.3) is 0 Å². The van der Waals surface area contributed by atoms with Gasteiger partial charge in [-0.25, -0.2) is 0 Å². The van der Waals surface area contributed by atoms with Gasteiger partial charge in [-0.1, -0.05) is 0 Å². The number of rotatable bonds is 3. The Morgan fingerprint density at radius 3 is 2.81 bits per heavy atom. The van der Waals surface area contributed by atoms with Crippen molar-refractivity contribution in [3.63, 3.8) is 0 Å². The molecule has 0 fully saturated rings. The number of nitrogens with zero attached hydrogens (tertiary/aromatic N) is 1. The predicted octanol–water partition coefficient (Wildman–Crippen LogP) is 0.881. The van der Waals surface area contributed by atoms with Crippen molar-refractivity contribution in [3.8, 4) is 11.5 Å². The van der Waals surface area contributed by atoms with Gasteiger partial charge in [0.05, 0.1) is 20.4 Å². The molecule has 0 aliphatic carbocycles. The Morgan fingerprint density at radius 2 is 2.19 bits per heavy atom. The predicted molar refractivity (Wildman–Crippen MR) is 59.1 cm³/mol. The average Bonchev–Trinajstić information content (AvgIpc) is 2.36. The number of nitrogens with one attached hydrogen (secondary N) is 1. The average molecular weight is 220 g/mol. The summed E-state index contributed by atoms with van der Waals surface area (Å²) in [6, 6.07) is 3.11. The van der Waals surface area contributed by atoms with E-state index >= 15 is 0 Å². The minimum atomic E-state index is -0.455. The number of hydrazone groups is 1. The maximum Gasteiger partial charge on any atom is 0.148 e. The van der Waals surface area contributed by atoms with Crippen molar-refractivity contribution >= 4 is 12.5 Å². The molecule has 0 saturated carbocycles. The Hall–Kier alpha value is -2.04. The van der Waals surface area contributed by atoms with Crippen molar-refractivity contribution < 1.29 is 14.3 Å². The Morgan fingerprint density at radius 1 is 1.38 bits per heavy atom. The summed E-state index contributed by atoms with van der Waals surface area (Å²) in [4.78, 5) is 10.9. The summed E-state index contributed by atoms with van der Waals surface area (Å²) in [6.45, 7) is 0. The lowest BCUT2D eigenvalue weighted by Gasteiger charge is -2.20. The van der Waals surface area contributed by atoms with Crippen LogP contribution < -0.4 is 14.9 Å². The van der Waals surface area contributed by atoms with Gasteiger partial charge in [0, 0.05) is 11.6 Å². The Bertz CT molecular complexity index is 443. The van der Waals surface area contributed by atoms with Gasteiger partial charge in [0.2, 0.25) is 0 Å². The Labute approximate surface area is 93.1 Å². The lowest BCUT2D eigenvalue weighted by molar-refractivity contribution is -0.109. The van der Waals surface area contributed by atoms with Crippen LogP contribution in [0.5, 0.6) is 11.5 Å². The minimum absolute atomic E-state index is 0.455. The molecular formula is C11H12N2O3. The van der Waals surface area contributed by atoms with E-state index in [9.17, 15) is 4.79 Å². The van der Waals surface area contributed by atoms with E-state index in [1.807, 2.05) is 0 Å². The highest BCUT2D eigenvalue weighted by Gasteiger charge is 2.21. The van der Waals surface area contributed by atoms with E-state index in [0.29, 0.717) is 11.5 Å². The van der Waals surface area contributed by atoms with E-state index in [1.165, 1.54) is 0 Å². The van der Waals surface area contributed by atoms with E-state index in [2.05, 4.69) is 10.5 Å². The van der Waals surface area contributed by atoms with E-state index in [-0.39, 0.29) is 0 Å². The molecule has 16 heavy (non-hydrogen) atoms. The molecule has 0 amide bonds. The van der Waals surface area contributed by atoms with Crippen LogP contribution in [0, 0.1) is 0 Å². The molecule has 0 saturated heterocycles. The summed E-state index contributed by atoms with van der Waals surface area (Å²) >= 11 is 0. The summed E-state index contributed by atoms with van der Waals surface area (Å²) < 4.78 is 10.4. The van der Waals surface area contributed by atoms with E-state index in [1.54, 1.807) is 32.6 Å². The van der Waals surface area contributed by atoms with Crippen molar-refractivity contribution in [2.24, 2.45) is 5.10 Å². The van der Waals surface area contributed by atoms with Crippen LogP contribution in [-0.4, -0.2) is 26.7 Å². The van der Waals surface area contributed by atoms with Gasteiger partial charge < -0.3 is 14.3 Å². The number of hydrogen-bond acceptors (Lipinski definition) is 5. The molecule has 84 valence electrons. The molecular weight excluding hydrogens is 208 g/mol. The Kier molecular flexibility index (Phi) is 2.76. The molecule has 2 rings (SSSR count). The molecule has 1 unspecified atom stereocenters. The molecule has 0 bridgehead atoms. The maximum atomic E-state index is 10.9. The van der Waals surface area contributed by atoms with E-state index < -0.39 is 6.04 Å². The highest BCUT2D eigenvalue weighted by Crippen LogP contribution is 2.32. The van der Waals surface area contributed by atoms with Crippen LogP contribution >= 0.6 is 0 Å². The quantitative estimate of drug-likeness (QED) is 0.768. The zero-order valence-corrected chi connectivity index (χ0v) is 9.06. The third kappa shape index (κ3) is 1.60. The first-order valence-corrected chi connectivity index (χ1v) is 4.80. The fourth-order valence-corrected chi connectivity index (χ4v) is 1.66. The molecule has 5 heteroatoms. The lowest BCUT2D eigenvalue weighted by Crippen LogP contribution is -2.23. The van der Waals surface area contributed by atoms with E-state index in [0.717, 1.165) is 17.4 Å². The monoisotopic (exact) mass is 220 g/mol. The van der Waals surface area contributed by atoms with Gasteiger partial charge in [-0.2, -0.15) is 5.10 Å².